The van der Waals surface area contributed by atoms with E-state index in [0.29, 0.717) is 19.6 Å². The second kappa shape index (κ2) is 9.54. The average Bonchev–Trinajstić information content (AvgIpc) is 2.67. The smallest absolute Gasteiger partial charge is 0.325 e. The summed E-state index contributed by atoms with van der Waals surface area (Å²) in [5.41, 5.74) is 3.26. The third kappa shape index (κ3) is 5.01. The molecule has 1 aromatic rings. The minimum atomic E-state index is -0.580. The van der Waals surface area contributed by atoms with E-state index in [1.165, 1.54) is 19.1 Å². The maximum atomic E-state index is 12.5. The molecular formula is C20H29N3O5. The van der Waals surface area contributed by atoms with Gasteiger partial charge in [0.2, 0.25) is 11.8 Å². The molecular weight excluding hydrogens is 362 g/mol. The van der Waals surface area contributed by atoms with E-state index in [1.54, 1.807) is 7.11 Å². The molecule has 1 fully saturated rings. The van der Waals surface area contributed by atoms with Gasteiger partial charge in [0.1, 0.15) is 12.3 Å². The lowest BCUT2D eigenvalue weighted by molar-refractivity contribution is -0.147. The zero-order chi connectivity index (χ0) is 20.8. The van der Waals surface area contributed by atoms with E-state index in [2.05, 4.69) is 10.1 Å². The molecule has 0 saturated carbocycles. The number of hydrogen-bond acceptors (Lipinski definition) is 6. The highest BCUT2D eigenvalue weighted by Gasteiger charge is 2.33. The number of ether oxygens (including phenoxy) is 2. The van der Waals surface area contributed by atoms with Crippen LogP contribution >= 0.6 is 0 Å². The lowest BCUT2D eigenvalue weighted by atomic mass is 10.00. The molecule has 1 N–H and O–H groups in total. The summed E-state index contributed by atoms with van der Waals surface area (Å²) >= 11 is 0. The van der Waals surface area contributed by atoms with Crippen LogP contribution in [0.2, 0.25) is 0 Å². The van der Waals surface area contributed by atoms with Crippen molar-refractivity contribution in [2.45, 2.75) is 32.9 Å². The molecule has 8 heteroatoms. The van der Waals surface area contributed by atoms with Crippen molar-refractivity contribution in [3.05, 3.63) is 28.8 Å². The highest BCUT2D eigenvalue weighted by Crippen LogP contribution is 2.26. The van der Waals surface area contributed by atoms with Crippen molar-refractivity contribution >= 4 is 17.8 Å². The number of carbonyl (C=O) groups excluding carboxylic acids is 3. The van der Waals surface area contributed by atoms with E-state index in [-0.39, 0.29) is 24.8 Å². The molecule has 1 atom stereocenters. The molecule has 2 rings (SSSR count). The summed E-state index contributed by atoms with van der Waals surface area (Å²) in [7, 11) is 4.44. The van der Waals surface area contributed by atoms with Crippen LogP contribution in [0.4, 0.5) is 0 Å². The van der Waals surface area contributed by atoms with Crippen molar-refractivity contribution in [1.82, 2.24) is 15.1 Å². The quantitative estimate of drug-likeness (QED) is 0.686. The summed E-state index contributed by atoms with van der Waals surface area (Å²) in [6.45, 7) is 5.64. The Morgan fingerprint density at radius 2 is 1.96 bits per heavy atom. The summed E-state index contributed by atoms with van der Waals surface area (Å²) < 4.78 is 9.96. The Bertz CT molecular complexity index is 750. The molecule has 8 nitrogen and oxygen atoms in total. The molecule has 1 aliphatic heterocycles. The first-order chi connectivity index (χ1) is 13.3. The summed E-state index contributed by atoms with van der Waals surface area (Å²) in [5, 5.41) is 2.83. The molecule has 1 saturated heterocycles. The number of nitrogens with one attached hydrogen (secondary N) is 1. The van der Waals surface area contributed by atoms with E-state index >= 15 is 0 Å². The van der Waals surface area contributed by atoms with Crippen molar-refractivity contribution in [3.8, 4) is 5.75 Å². The molecule has 0 aliphatic carbocycles. The van der Waals surface area contributed by atoms with Crippen LogP contribution < -0.4 is 10.1 Å². The number of esters is 1. The molecule has 1 aliphatic rings. The number of benzene rings is 1. The van der Waals surface area contributed by atoms with Crippen LogP contribution in [0.3, 0.4) is 0 Å². The van der Waals surface area contributed by atoms with Crippen molar-refractivity contribution in [2.75, 3.05) is 40.9 Å². The predicted molar refractivity (Wildman–Crippen MR) is 104 cm³/mol. The Labute approximate surface area is 165 Å². The first kappa shape index (κ1) is 21.7. The SMILES string of the molecule is COC(=O)CN(C)C(=O)C[C@@H]1C(=O)NCCN1Cc1ccc(OC)c(C)c1C. The Morgan fingerprint density at radius 3 is 2.61 bits per heavy atom. The van der Waals surface area contributed by atoms with Gasteiger partial charge in [0, 0.05) is 26.7 Å². The van der Waals surface area contributed by atoms with E-state index in [9.17, 15) is 14.4 Å². The van der Waals surface area contributed by atoms with Crippen LogP contribution in [-0.2, 0) is 25.7 Å². The molecule has 0 spiro atoms. The summed E-state index contributed by atoms with van der Waals surface area (Å²) in [6, 6.07) is 3.34. The van der Waals surface area contributed by atoms with Crippen LogP contribution in [0, 0.1) is 13.8 Å². The van der Waals surface area contributed by atoms with Crippen molar-refractivity contribution < 1.29 is 23.9 Å². The molecule has 0 aromatic heterocycles. The van der Waals surface area contributed by atoms with Crippen LogP contribution in [0.5, 0.6) is 5.75 Å². The van der Waals surface area contributed by atoms with Crippen LogP contribution in [0.25, 0.3) is 0 Å². The second-order valence-electron chi connectivity index (χ2n) is 6.98. The summed E-state index contributed by atoms with van der Waals surface area (Å²) in [6.07, 6.45) is 0.00745. The van der Waals surface area contributed by atoms with Gasteiger partial charge in [-0.1, -0.05) is 6.07 Å². The predicted octanol–water partition coefficient (Wildman–Crippen LogP) is 0.634. The Kier molecular flexibility index (Phi) is 7.39. The fourth-order valence-electron chi connectivity index (χ4n) is 3.30. The van der Waals surface area contributed by atoms with Gasteiger partial charge < -0.3 is 19.7 Å². The number of nitrogens with zero attached hydrogens (tertiary/aromatic N) is 2. The van der Waals surface area contributed by atoms with Crippen molar-refractivity contribution in [3.63, 3.8) is 0 Å². The fraction of sp³-hybridized carbons (Fsp3) is 0.550. The number of amides is 2. The molecule has 2 amide bonds. The lowest BCUT2D eigenvalue weighted by Crippen LogP contribution is -2.56. The van der Waals surface area contributed by atoms with Crippen molar-refractivity contribution in [2.24, 2.45) is 0 Å². The van der Waals surface area contributed by atoms with E-state index < -0.39 is 12.0 Å². The third-order valence-corrected chi connectivity index (χ3v) is 5.27. The Morgan fingerprint density at radius 1 is 1.25 bits per heavy atom. The first-order valence-electron chi connectivity index (χ1n) is 9.24. The fourth-order valence-corrected chi connectivity index (χ4v) is 3.30. The van der Waals surface area contributed by atoms with Gasteiger partial charge in [-0.2, -0.15) is 0 Å². The number of hydrogen-bond donors (Lipinski definition) is 1. The second-order valence-corrected chi connectivity index (χ2v) is 6.98. The molecule has 0 radical (unpaired) electrons. The lowest BCUT2D eigenvalue weighted by Gasteiger charge is -2.35. The number of carbonyl (C=O) groups is 3. The first-order valence-corrected chi connectivity index (χ1v) is 9.24. The highest BCUT2D eigenvalue weighted by molar-refractivity contribution is 5.90. The molecule has 28 heavy (non-hydrogen) atoms. The number of likely N-dealkylation sites (N-methyl/N-ethyl adjacent to an activating group) is 1. The monoisotopic (exact) mass is 391 g/mol. The summed E-state index contributed by atoms with van der Waals surface area (Å²) in [4.78, 5) is 39.6. The summed E-state index contributed by atoms with van der Waals surface area (Å²) in [5.74, 6) is -0.118. The van der Waals surface area contributed by atoms with Gasteiger partial charge in [-0.05, 0) is 36.6 Å². The maximum absolute atomic E-state index is 12.5. The molecule has 1 heterocycles. The van der Waals surface area contributed by atoms with E-state index in [4.69, 9.17) is 4.74 Å². The van der Waals surface area contributed by atoms with E-state index in [1.807, 2.05) is 30.9 Å². The Hall–Kier alpha value is -2.61. The topological polar surface area (TPSA) is 88.2 Å². The van der Waals surface area contributed by atoms with Gasteiger partial charge in [-0.15, -0.1) is 0 Å². The maximum Gasteiger partial charge on any atom is 0.325 e. The Balaban J connectivity index is 2.14. The van der Waals surface area contributed by atoms with Crippen molar-refractivity contribution in [1.29, 1.82) is 0 Å². The minimum absolute atomic E-state index is 0.00745. The highest BCUT2D eigenvalue weighted by atomic mass is 16.5. The van der Waals surface area contributed by atoms with Gasteiger partial charge in [0.25, 0.3) is 0 Å². The van der Waals surface area contributed by atoms with Crippen LogP contribution in [0.1, 0.15) is 23.1 Å². The molecule has 0 unspecified atom stereocenters. The number of piperazine rings is 1. The van der Waals surface area contributed by atoms with Gasteiger partial charge in [-0.3, -0.25) is 19.3 Å². The zero-order valence-corrected chi connectivity index (χ0v) is 17.2. The molecule has 1 aromatic carbocycles. The normalized spacial score (nSPS) is 17.0. The largest absolute Gasteiger partial charge is 0.496 e. The van der Waals surface area contributed by atoms with E-state index in [0.717, 1.165) is 22.4 Å². The van der Waals surface area contributed by atoms with Gasteiger partial charge in [-0.25, -0.2) is 0 Å². The number of methoxy groups -OCH3 is 2. The van der Waals surface area contributed by atoms with Gasteiger partial charge in [0.15, 0.2) is 0 Å². The molecule has 0 bridgehead atoms. The van der Waals surface area contributed by atoms with Gasteiger partial charge >= 0.3 is 5.97 Å². The molecule has 154 valence electrons. The standard InChI is InChI=1S/C20H29N3O5/c1-13-14(2)17(27-4)7-6-15(13)11-23-9-8-21-20(26)16(23)10-18(24)22(3)12-19(25)28-5/h6-7,16H,8-12H2,1-5H3,(H,21,26)/t16-/m1/s1. The zero-order valence-electron chi connectivity index (χ0n) is 17.2. The van der Waals surface area contributed by atoms with Crippen LogP contribution in [-0.4, -0.2) is 74.5 Å². The third-order valence-electron chi connectivity index (χ3n) is 5.27. The van der Waals surface area contributed by atoms with Crippen LogP contribution in [0.15, 0.2) is 12.1 Å². The van der Waals surface area contributed by atoms with Gasteiger partial charge in [0.05, 0.1) is 26.7 Å². The number of rotatable bonds is 7. The average molecular weight is 391 g/mol. The minimum Gasteiger partial charge on any atom is -0.496 e.